The highest BCUT2D eigenvalue weighted by molar-refractivity contribution is 5.80. The molecule has 0 aliphatic rings. The zero-order valence-electron chi connectivity index (χ0n) is 8.67. The van der Waals surface area contributed by atoms with Gasteiger partial charge in [0.25, 0.3) is 0 Å². The van der Waals surface area contributed by atoms with Crippen LogP contribution < -0.4 is 5.43 Å². The van der Waals surface area contributed by atoms with E-state index in [1.165, 1.54) is 0 Å². The van der Waals surface area contributed by atoms with Crippen LogP contribution in [0.25, 0.3) is 0 Å². The van der Waals surface area contributed by atoms with Crippen molar-refractivity contribution in [3.8, 4) is 5.75 Å². The minimum atomic E-state index is 0.258. The van der Waals surface area contributed by atoms with Crippen LogP contribution in [0.4, 0.5) is 5.69 Å². The molecule has 0 atom stereocenters. The largest absolute Gasteiger partial charge is 0.508 e. The molecule has 80 valence electrons. The first kappa shape index (κ1) is 10.2. The van der Waals surface area contributed by atoms with E-state index in [9.17, 15) is 0 Å². The molecule has 0 saturated heterocycles. The summed E-state index contributed by atoms with van der Waals surface area (Å²) in [6.07, 6.45) is 1.70. The van der Waals surface area contributed by atoms with Gasteiger partial charge in [-0.15, -0.1) is 0 Å². The number of phenolic OH excluding ortho intramolecular Hbond substituents is 1. The lowest BCUT2D eigenvalue weighted by atomic mass is 10.2. The molecule has 2 aromatic carbocycles. The summed E-state index contributed by atoms with van der Waals surface area (Å²) in [7, 11) is 0. The first-order chi connectivity index (χ1) is 7.84. The van der Waals surface area contributed by atoms with E-state index in [1.807, 2.05) is 30.3 Å². The van der Waals surface area contributed by atoms with Crippen LogP contribution >= 0.6 is 0 Å². The molecule has 0 bridgehead atoms. The molecule has 0 spiro atoms. The number of anilines is 1. The van der Waals surface area contributed by atoms with Gasteiger partial charge in [0, 0.05) is 0 Å². The Morgan fingerprint density at radius 2 is 1.62 bits per heavy atom. The van der Waals surface area contributed by atoms with Crippen molar-refractivity contribution in [1.82, 2.24) is 0 Å². The van der Waals surface area contributed by atoms with Crippen molar-refractivity contribution in [3.05, 3.63) is 60.2 Å². The predicted octanol–water partition coefficient (Wildman–Crippen LogP) is 2.84. The molecule has 0 heterocycles. The molecule has 0 aromatic heterocycles. The Labute approximate surface area is 94.1 Å². The Hall–Kier alpha value is -2.29. The zero-order chi connectivity index (χ0) is 11.2. The minimum Gasteiger partial charge on any atom is -0.508 e. The maximum Gasteiger partial charge on any atom is 0.115 e. The van der Waals surface area contributed by atoms with E-state index in [-0.39, 0.29) is 5.75 Å². The van der Waals surface area contributed by atoms with E-state index in [2.05, 4.69) is 10.5 Å². The standard InChI is InChI=1S/C13H12N2O/c16-13-8-6-11(7-9-13)10-14-15-12-4-2-1-3-5-12/h1-10,15-16H/b14-10-. The van der Waals surface area contributed by atoms with E-state index in [0.29, 0.717) is 0 Å². The summed E-state index contributed by atoms with van der Waals surface area (Å²) < 4.78 is 0. The van der Waals surface area contributed by atoms with Crippen LogP contribution in [0.5, 0.6) is 5.75 Å². The normalized spacial score (nSPS) is 10.5. The second kappa shape index (κ2) is 4.98. The number of hydrazone groups is 1. The average molecular weight is 212 g/mol. The van der Waals surface area contributed by atoms with Crippen molar-refractivity contribution < 1.29 is 5.11 Å². The smallest absolute Gasteiger partial charge is 0.115 e. The van der Waals surface area contributed by atoms with Crippen LogP contribution in [0.1, 0.15) is 5.56 Å². The number of benzene rings is 2. The SMILES string of the molecule is Oc1ccc(/C=N\Nc2ccccc2)cc1. The second-order valence-electron chi connectivity index (χ2n) is 3.33. The third kappa shape index (κ3) is 2.85. The molecule has 0 aliphatic carbocycles. The molecule has 0 unspecified atom stereocenters. The van der Waals surface area contributed by atoms with Gasteiger partial charge in [-0.2, -0.15) is 5.10 Å². The third-order valence-electron chi connectivity index (χ3n) is 2.07. The summed E-state index contributed by atoms with van der Waals surface area (Å²) in [5.41, 5.74) is 4.79. The monoisotopic (exact) mass is 212 g/mol. The van der Waals surface area contributed by atoms with Gasteiger partial charge in [0.1, 0.15) is 5.75 Å². The molecule has 3 heteroatoms. The number of phenols is 1. The van der Waals surface area contributed by atoms with Crippen molar-refractivity contribution in [2.45, 2.75) is 0 Å². The molecule has 3 nitrogen and oxygen atoms in total. The van der Waals surface area contributed by atoms with Gasteiger partial charge in [-0.05, 0) is 42.0 Å². The van der Waals surface area contributed by atoms with E-state index >= 15 is 0 Å². The van der Waals surface area contributed by atoms with Crippen LogP contribution in [0.15, 0.2) is 59.7 Å². The lowest BCUT2D eigenvalue weighted by Gasteiger charge is -1.98. The lowest BCUT2D eigenvalue weighted by molar-refractivity contribution is 0.475. The Morgan fingerprint density at radius 1 is 0.938 bits per heavy atom. The molecule has 0 fully saturated rings. The van der Waals surface area contributed by atoms with Gasteiger partial charge in [-0.3, -0.25) is 5.43 Å². The molecule has 0 aliphatic heterocycles. The summed E-state index contributed by atoms with van der Waals surface area (Å²) in [6, 6.07) is 16.6. The quantitative estimate of drug-likeness (QED) is 0.607. The van der Waals surface area contributed by atoms with E-state index < -0.39 is 0 Å². The first-order valence-electron chi connectivity index (χ1n) is 4.98. The van der Waals surface area contributed by atoms with Gasteiger partial charge in [-0.1, -0.05) is 18.2 Å². The molecule has 0 saturated carbocycles. The summed E-state index contributed by atoms with van der Waals surface area (Å²) in [5.74, 6) is 0.258. The average Bonchev–Trinajstić information content (AvgIpc) is 2.33. The number of hydrogen-bond acceptors (Lipinski definition) is 3. The number of aromatic hydroxyl groups is 1. The molecule has 2 rings (SSSR count). The molecule has 16 heavy (non-hydrogen) atoms. The highest BCUT2D eigenvalue weighted by atomic mass is 16.3. The van der Waals surface area contributed by atoms with Gasteiger partial charge in [0.15, 0.2) is 0 Å². The van der Waals surface area contributed by atoms with Crippen LogP contribution in [0.3, 0.4) is 0 Å². The zero-order valence-corrected chi connectivity index (χ0v) is 8.67. The molecular weight excluding hydrogens is 200 g/mol. The van der Waals surface area contributed by atoms with Crippen LogP contribution in [0.2, 0.25) is 0 Å². The lowest BCUT2D eigenvalue weighted by Crippen LogP contribution is -1.89. The number of nitrogens with one attached hydrogen (secondary N) is 1. The number of rotatable bonds is 3. The Bertz CT molecular complexity index is 463. The van der Waals surface area contributed by atoms with Crippen LogP contribution in [-0.2, 0) is 0 Å². The Balaban J connectivity index is 1.98. The van der Waals surface area contributed by atoms with Gasteiger partial charge in [-0.25, -0.2) is 0 Å². The Morgan fingerprint density at radius 3 is 2.31 bits per heavy atom. The van der Waals surface area contributed by atoms with Crippen LogP contribution in [0, 0.1) is 0 Å². The number of nitrogens with zero attached hydrogens (tertiary/aromatic N) is 1. The van der Waals surface area contributed by atoms with E-state index in [4.69, 9.17) is 5.11 Å². The van der Waals surface area contributed by atoms with Gasteiger partial charge in [0.2, 0.25) is 0 Å². The number of hydrogen-bond donors (Lipinski definition) is 2. The van der Waals surface area contributed by atoms with E-state index in [0.717, 1.165) is 11.3 Å². The van der Waals surface area contributed by atoms with Gasteiger partial charge >= 0.3 is 0 Å². The van der Waals surface area contributed by atoms with Crippen molar-refractivity contribution in [2.75, 3.05) is 5.43 Å². The fourth-order valence-corrected chi connectivity index (χ4v) is 1.25. The van der Waals surface area contributed by atoms with Crippen molar-refractivity contribution in [3.63, 3.8) is 0 Å². The minimum absolute atomic E-state index is 0.258. The third-order valence-corrected chi connectivity index (χ3v) is 2.07. The Kier molecular flexibility index (Phi) is 3.18. The molecule has 2 aromatic rings. The van der Waals surface area contributed by atoms with Crippen molar-refractivity contribution in [1.29, 1.82) is 0 Å². The molecule has 2 N–H and O–H groups in total. The summed E-state index contributed by atoms with van der Waals surface area (Å²) in [5, 5.41) is 13.2. The van der Waals surface area contributed by atoms with Crippen molar-refractivity contribution in [2.24, 2.45) is 5.10 Å². The topological polar surface area (TPSA) is 44.6 Å². The van der Waals surface area contributed by atoms with Gasteiger partial charge < -0.3 is 5.11 Å². The summed E-state index contributed by atoms with van der Waals surface area (Å²) >= 11 is 0. The first-order valence-corrected chi connectivity index (χ1v) is 4.98. The fourth-order valence-electron chi connectivity index (χ4n) is 1.25. The van der Waals surface area contributed by atoms with Crippen LogP contribution in [-0.4, -0.2) is 11.3 Å². The van der Waals surface area contributed by atoms with Crippen molar-refractivity contribution >= 4 is 11.9 Å². The highest BCUT2D eigenvalue weighted by Crippen LogP contribution is 2.08. The second-order valence-corrected chi connectivity index (χ2v) is 3.33. The predicted molar refractivity (Wildman–Crippen MR) is 65.8 cm³/mol. The summed E-state index contributed by atoms with van der Waals surface area (Å²) in [4.78, 5) is 0. The fraction of sp³-hybridized carbons (Fsp3) is 0. The maximum atomic E-state index is 9.10. The molecule has 0 amide bonds. The number of para-hydroxylation sites is 1. The molecule has 0 radical (unpaired) electrons. The summed E-state index contributed by atoms with van der Waals surface area (Å²) in [6.45, 7) is 0. The molecular formula is C13H12N2O. The van der Waals surface area contributed by atoms with Gasteiger partial charge in [0.05, 0.1) is 11.9 Å². The van der Waals surface area contributed by atoms with E-state index in [1.54, 1.807) is 30.5 Å². The maximum absolute atomic E-state index is 9.10. The highest BCUT2D eigenvalue weighted by Gasteiger charge is 1.88.